The number of fused-ring (bicyclic) bond motifs is 2. The number of ether oxygens (including phenoxy) is 1. The van der Waals surface area contributed by atoms with Gasteiger partial charge in [0.15, 0.2) is 0 Å². The number of nitrogens with zero attached hydrogens (tertiary/aromatic N) is 1. The van der Waals surface area contributed by atoms with E-state index in [2.05, 4.69) is 10.6 Å². The Morgan fingerprint density at radius 2 is 2.05 bits per heavy atom. The van der Waals surface area contributed by atoms with Crippen molar-refractivity contribution in [3.63, 3.8) is 0 Å². The van der Waals surface area contributed by atoms with Gasteiger partial charge in [0.05, 0.1) is 18.2 Å². The first-order valence-corrected chi connectivity index (χ1v) is 7.74. The normalized spacial score (nSPS) is 26.1. The molecule has 0 radical (unpaired) electrons. The number of amides is 2. The highest BCUT2D eigenvalue weighted by Gasteiger charge is 2.41. The molecule has 4 rings (SSSR count). The maximum absolute atomic E-state index is 12.2. The van der Waals surface area contributed by atoms with Crippen LogP contribution in [0.15, 0.2) is 48.8 Å². The molecule has 114 valence electrons. The van der Waals surface area contributed by atoms with Gasteiger partial charge in [-0.15, -0.1) is 0 Å². The van der Waals surface area contributed by atoms with E-state index in [1.54, 1.807) is 0 Å². The molecule has 1 aromatic heterocycles. The van der Waals surface area contributed by atoms with Crippen LogP contribution in [0.25, 0.3) is 5.69 Å². The third-order valence-electron chi connectivity index (χ3n) is 4.43. The molecule has 2 fully saturated rings. The van der Waals surface area contributed by atoms with Crippen molar-refractivity contribution < 1.29 is 9.53 Å². The van der Waals surface area contributed by atoms with Gasteiger partial charge in [-0.05, 0) is 49.6 Å². The van der Waals surface area contributed by atoms with Crippen LogP contribution in [-0.4, -0.2) is 28.8 Å². The molecule has 0 spiro atoms. The lowest BCUT2D eigenvalue weighted by Crippen LogP contribution is -2.43. The van der Waals surface area contributed by atoms with E-state index in [9.17, 15) is 4.79 Å². The molecule has 1 aromatic carbocycles. The van der Waals surface area contributed by atoms with Crippen LogP contribution in [0.4, 0.5) is 10.5 Å². The van der Waals surface area contributed by atoms with E-state index in [0.29, 0.717) is 6.10 Å². The number of urea groups is 1. The zero-order valence-electron chi connectivity index (χ0n) is 12.2. The summed E-state index contributed by atoms with van der Waals surface area (Å²) in [6.45, 7) is 0. The Morgan fingerprint density at radius 3 is 2.77 bits per heavy atom. The monoisotopic (exact) mass is 297 g/mol. The van der Waals surface area contributed by atoms with Crippen LogP contribution in [0, 0.1) is 0 Å². The molecule has 2 saturated heterocycles. The fourth-order valence-electron chi connectivity index (χ4n) is 3.38. The van der Waals surface area contributed by atoms with Crippen LogP contribution in [0.3, 0.4) is 0 Å². The molecule has 5 heteroatoms. The molecule has 2 aromatic rings. The van der Waals surface area contributed by atoms with Gasteiger partial charge in [-0.1, -0.05) is 6.07 Å². The molecule has 3 heterocycles. The van der Waals surface area contributed by atoms with Crippen molar-refractivity contribution >= 4 is 11.7 Å². The second kappa shape index (κ2) is 5.50. The highest BCUT2D eigenvalue weighted by atomic mass is 16.5. The third-order valence-corrected chi connectivity index (χ3v) is 4.43. The van der Waals surface area contributed by atoms with Crippen LogP contribution in [-0.2, 0) is 4.74 Å². The van der Waals surface area contributed by atoms with Gasteiger partial charge >= 0.3 is 6.03 Å². The second-order valence-corrected chi connectivity index (χ2v) is 5.96. The van der Waals surface area contributed by atoms with Crippen molar-refractivity contribution in [3.05, 3.63) is 48.8 Å². The summed E-state index contributed by atoms with van der Waals surface area (Å²) < 4.78 is 7.76. The quantitative estimate of drug-likeness (QED) is 0.915. The molecule has 0 aliphatic carbocycles. The Hall–Kier alpha value is -2.27. The summed E-state index contributed by atoms with van der Waals surface area (Å²) in [7, 11) is 0. The summed E-state index contributed by atoms with van der Waals surface area (Å²) in [6, 6.07) is 11.7. The molecule has 2 bridgehead atoms. The molecule has 5 nitrogen and oxygen atoms in total. The number of carbonyl (C=O) groups is 1. The van der Waals surface area contributed by atoms with Crippen LogP contribution in [0.2, 0.25) is 0 Å². The number of aromatic nitrogens is 1. The molecule has 3 atom stereocenters. The summed E-state index contributed by atoms with van der Waals surface area (Å²) in [6.07, 6.45) is 7.61. The summed E-state index contributed by atoms with van der Waals surface area (Å²) >= 11 is 0. The lowest BCUT2D eigenvalue weighted by Gasteiger charge is -2.20. The first kappa shape index (κ1) is 13.4. The number of hydrogen-bond acceptors (Lipinski definition) is 2. The summed E-state index contributed by atoms with van der Waals surface area (Å²) in [5.74, 6) is 0. The number of nitrogens with one attached hydrogen (secondary N) is 2. The summed E-state index contributed by atoms with van der Waals surface area (Å²) in [5.41, 5.74) is 1.80. The minimum absolute atomic E-state index is 0.145. The summed E-state index contributed by atoms with van der Waals surface area (Å²) in [4.78, 5) is 12.2. The lowest BCUT2D eigenvalue weighted by atomic mass is 9.96. The largest absolute Gasteiger partial charge is 0.373 e. The van der Waals surface area contributed by atoms with Gasteiger partial charge in [-0.3, -0.25) is 0 Å². The first-order chi connectivity index (χ1) is 10.8. The van der Waals surface area contributed by atoms with E-state index < -0.39 is 0 Å². The highest BCUT2D eigenvalue weighted by Crippen LogP contribution is 2.34. The average Bonchev–Trinajstić information content (AvgIpc) is 3.25. The molecule has 2 N–H and O–H groups in total. The van der Waals surface area contributed by atoms with Gasteiger partial charge < -0.3 is 19.9 Å². The van der Waals surface area contributed by atoms with E-state index >= 15 is 0 Å². The van der Waals surface area contributed by atoms with Crippen molar-refractivity contribution in [2.24, 2.45) is 0 Å². The van der Waals surface area contributed by atoms with Crippen LogP contribution in [0.1, 0.15) is 19.3 Å². The third kappa shape index (κ3) is 2.60. The SMILES string of the molecule is O=C(Nc1cccc(-n2cccc2)c1)N[C@@H]1C[C@H]2CC[C@H]1O2. The minimum atomic E-state index is -0.161. The Balaban J connectivity index is 1.40. The van der Waals surface area contributed by atoms with Crippen molar-refractivity contribution in [2.45, 2.75) is 37.5 Å². The molecule has 2 aliphatic rings. The van der Waals surface area contributed by atoms with E-state index in [0.717, 1.165) is 30.6 Å². The van der Waals surface area contributed by atoms with Crippen LogP contribution >= 0.6 is 0 Å². The van der Waals surface area contributed by atoms with Gasteiger partial charge in [0.2, 0.25) is 0 Å². The van der Waals surface area contributed by atoms with E-state index in [4.69, 9.17) is 4.74 Å². The predicted molar refractivity (Wildman–Crippen MR) is 84.2 cm³/mol. The number of anilines is 1. The standard InChI is InChI=1S/C17H19N3O2/c21-17(19-15-11-14-6-7-16(15)22-14)18-12-4-3-5-13(10-12)20-8-1-2-9-20/h1-5,8-10,14-16H,6-7,11H2,(H2,18,19,21)/t14-,15-,16-/m1/s1. The number of carbonyl (C=O) groups excluding carboxylic acids is 1. The van der Waals surface area contributed by atoms with Crippen molar-refractivity contribution in [2.75, 3.05) is 5.32 Å². The smallest absolute Gasteiger partial charge is 0.319 e. The van der Waals surface area contributed by atoms with Gasteiger partial charge in [-0.25, -0.2) is 4.79 Å². The van der Waals surface area contributed by atoms with E-state index in [1.807, 2.05) is 53.4 Å². The zero-order chi connectivity index (χ0) is 14.9. The predicted octanol–water partition coefficient (Wildman–Crippen LogP) is 2.92. The molecule has 0 saturated carbocycles. The molecular formula is C17H19N3O2. The van der Waals surface area contributed by atoms with Crippen molar-refractivity contribution in [1.29, 1.82) is 0 Å². The van der Waals surface area contributed by atoms with Crippen molar-refractivity contribution in [3.8, 4) is 5.69 Å². The lowest BCUT2D eigenvalue weighted by molar-refractivity contribution is 0.0984. The highest BCUT2D eigenvalue weighted by molar-refractivity contribution is 5.89. The fraction of sp³-hybridized carbons (Fsp3) is 0.353. The fourth-order valence-corrected chi connectivity index (χ4v) is 3.38. The van der Waals surface area contributed by atoms with Gasteiger partial charge in [-0.2, -0.15) is 0 Å². The Labute approximate surface area is 129 Å². The number of benzene rings is 1. The zero-order valence-corrected chi connectivity index (χ0v) is 12.2. The second-order valence-electron chi connectivity index (χ2n) is 5.96. The number of hydrogen-bond donors (Lipinski definition) is 2. The van der Waals surface area contributed by atoms with Gasteiger partial charge in [0.25, 0.3) is 0 Å². The topological polar surface area (TPSA) is 55.3 Å². The maximum Gasteiger partial charge on any atom is 0.319 e. The maximum atomic E-state index is 12.2. The first-order valence-electron chi connectivity index (χ1n) is 7.74. The minimum Gasteiger partial charge on any atom is -0.373 e. The van der Waals surface area contributed by atoms with Gasteiger partial charge in [0, 0.05) is 23.8 Å². The molecular weight excluding hydrogens is 278 g/mol. The van der Waals surface area contributed by atoms with Crippen LogP contribution < -0.4 is 10.6 Å². The average molecular weight is 297 g/mol. The molecule has 0 unspecified atom stereocenters. The van der Waals surface area contributed by atoms with E-state index in [1.165, 1.54) is 0 Å². The Kier molecular flexibility index (Phi) is 3.35. The summed E-state index contributed by atoms with van der Waals surface area (Å²) in [5, 5.41) is 5.94. The Morgan fingerprint density at radius 1 is 1.18 bits per heavy atom. The van der Waals surface area contributed by atoms with Gasteiger partial charge in [0.1, 0.15) is 0 Å². The molecule has 2 amide bonds. The number of rotatable bonds is 3. The Bertz CT molecular complexity index is 668. The van der Waals surface area contributed by atoms with Crippen molar-refractivity contribution in [1.82, 2.24) is 9.88 Å². The van der Waals surface area contributed by atoms with Crippen LogP contribution in [0.5, 0.6) is 0 Å². The molecule has 22 heavy (non-hydrogen) atoms. The van der Waals surface area contributed by atoms with E-state index in [-0.39, 0.29) is 18.2 Å². The molecule has 2 aliphatic heterocycles.